The first-order chi connectivity index (χ1) is 19.2. The third-order valence-corrected chi connectivity index (χ3v) is 6.99. The maximum absolute atomic E-state index is 15.0. The van der Waals surface area contributed by atoms with Gasteiger partial charge in [0, 0.05) is 23.5 Å². The first kappa shape index (κ1) is 27.1. The zero-order valence-electron chi connectivity index (χ0n) is 22.0. The van der Waals surface area contributed by atoms with Gasteiger partial charge in [0.25, 0.3) is 5.88 Å². The van der Waals surface area contributed by atoms with Crippen molar-refractivity contribution in [3.8, 4) is 22.3 Å². The second-order valence-corrected chi connectivity index (χ2v) is 9.94. The molecule has 40 heavy (non-hydrogen) atoms. The molecule has 206 valence electrons. The Hall–Kier alpha value is -4.49. The molecule has 0 saturated carbocycles. The fourth-order valence-corrected chi connectivity index (χ4v) is 4.79. The van der Waals surface area contributed by atoms with Gasteiger partial charge in [0.2, 0.25) is 5.88 Å². The van der Waals surface area contributed by atoms with Gasteiger partial charge >= 0.3 is 6.09 Å². The molecule has 0 aliphatic carbocycles. The van der Waals surface area contributed by atoms with E-state index in [0.29, 0.717) is 43.6 Å². The van der Waals surface area contributed by atoms with Gasteiger partial charge in [0.1, 0.15) is 27.6 Å². The van der Waals surface area contributed by atoms with Crippen LogP contribution in [0.5, 0.6) is 11.8 Å². The molecule has 0 bridgehead atoms. The Kier molecular flexibility index (Phi) is 7.67. The van der Waals surface area contributed by atoms with E-state index in [2.05, 4.69) is 30.2 Å². The highest BCUT2D eigenvalue weighted by atomic mass is 32.1. The van der Waals surface area contributed by atoms with Gasteiger partial charge in [-0.3, -0.25) is 10.3 Å². The van der Waals surface area contributed by atoms with Crippen molar-refractivity contribution in [3.05, 3.63) is 59.8 Å². The van der Waals surface area contributed by atoms with Crippen molar-refractivity contribution in [3.63, 3.8) is 0 Å². The molecule has 5 aromatic rings. The van der Waals surface area contributed by atoms with Gasteiger partial charge in [-0.15, -0.1) is 0 Å². The van der Waals surface area contributed by atoms with Crippen LogP contribution < -0.4 is 14.8 Å². The molecule has 0 fully saturated rings. The van der Waals surface area contributed by atoms with Crippen molar-refractivity contribution in [1.29, 1.82) is 0 Å². The number of benzene rings is 1. The minimum absolute atomic E-state index is 0.230. The van der Waals surface area contributed by atoms with Crippen molar-refractivity contribution in [2.75, 3.05) is 12.4 Å². The summed E-state index contributed by atoms with van der Waals surface area (Å²) in [5.74, 6) is -0.525. The van der Waals surface area contributed by atoms with Crippen molar-refractivity contribution in [2.24, 2.45) is 0 Å². The van der Waals surface area contributed by atoms with Gasteiger partial charge in [0.15, 0.2) is 5.82 Å². The molecular weight excluding hydrogens is 539 g/mol. The molecule has 0 saturated heterocycles. The number of anilines is 1. The maximum atomic E-state index is 15.0. The quantitative estimate of drug-likeness (QED) is 0.263. The average molecular weight is 565 g/mol. The maximum Gasteiger partial charge on any atom is 0.412 e. The summed E-state index contributed by atoms with van der Waals surface area (Å²) in [5.41, 5.74) is 4.18. The number of aliphatic hydroxyl groups excluding tert-OH is 1. The Bertz CT molecular complexity index is 1710. The molecular formula is C27H25FN6O5S. The number of nitrogens with one attached hydrogen (secondary N) is 1. The number of hydrogen-bond acceptors (Lipinski definition) is 11. The van der Waals surface area contributed by atoms with Crippen molar-refractivity contribution in [2.45, 2.75) is 39.6 Å². The lowest BCUT2D eigenvalue weighted by Crippen LogP contribution is -2.33. The van der Waals surface area contributed by atoms with Crippen LogP contribution in [0.1, 0.15) is 25.1 Å². The molecule has 1 amide bonds. The highest BCUT2D eigenvalue weighted by Gasteiger charge is 2.23. The number of carbonyl (C=O) groups excluding carboxylic acids is 1. The normalized spacial score (nSPS) is 12.8. The van der Waals surface area contributed by atoms with E-state index >= 15 is 0 Å². The first-order valence-electron chi connectivity index (χ1n) is 12.2. The lowest BCUT2D eigenvalue weighted by Gasteiger charge is -2.21. The number of aromatic nitrogens is 5. The average Bonchev–Trinajstić information content (AvgIpc) is 3.34. The molecule has 2 atom stereocenters. The summed E-state index contributed by atoms with van der Waals surface area (Å²) in [6.45, 7) is 4.94. The number of amides is 1. The number of aryl methyl sites for hydroxylation is 1. The fourth-order valence-electron chi connectivity index (χ4n) is 3.86. The van der Waals surface area contributed by atoms with Gasteiger partial charge in [-0.1, -0.05) is 11.3 Å². The van der Waals surface area contributed by atoms with Crippen molar-refractivity contribution >= 4 is 44.5 Å². The number of carbonyl (C=O) groups is 1. The van der Waals surface area contributed by atoms with E-state index in [4.69, 9.17) is 14.2 Å². The fraction of sp³-hybridized carbons (Fsp3) is 0.259. The van der Waals surface area contributed by atoms with Gasteiger partial charge in [-0.25, -0.2) is 24.1 Å². The zero-order chi connectivity index (χ0) is 28.4. The van der Waals surface area contributed by atoms with E-state index in [9.17, 15) is 14.3 Å². The molecule has 2 N–H and O–H groups in total. The lowest BCUT2D eigenvalue weighted by molar-refractivity contribution is 0.0379. The monoisotopic (exact) mass is 564 g/mol. The van der Waals surface area contributed by atoms with E-state index in [1.807, 2.05) is 19.1 Å². The van der Waals surface area contributed by atoms with E-state index < -0.39 is 24.1 Å². The Balaban J connectivity index is 1.33. The number of nitrogens with zero attached hydrogens (tertiary/aromatic N) is 5. The van der Waals surface area contributed by atoms with Crippen LogP contribution in [0, 0.1) is 12.7 Å². The molecule has 0 aliphatic rings. The topological polar surface area (TPSA) is 141 Å². The number of thiazole rings is 1. The van der Waals surface area contributed by atoms with Crippen LogP contribution in [0.4, 0.5) is 14.9 Å². The molecule has 0 aliphatic heterocycles. The molecule has 13 heteroatoms. The molecule has 1 aromatic carbocycles. The van der Waals surface area contributed by atoms with Crippen LogP contribution in [0.15, 0.2) is 42.7 Å². The predicted octanol–water partition coefficient (Wildman–Crippen LogP) is 5.05. The van der Waals surface area contributed by atoms with Gasteiger partial charge in [-0.05, 0) is 50.6 Å². The smallest absolute Gasteiger partial charge is 0.412 e. The standard InChI is InChI=1S/C27H25FN6O5S/c1-13-7-18(23-20(8-13)32-22(37-4)11-30-23)25-33-21-10-19(28)24(34-26(21)40-25)38-14(2)15(3)39-27(36)31-16-5-6-29-17(9-16)12-35/h5-11,14-15,35H,12H2,1-4H3,(H,29,31,36)/t14-,15+/m0/s1. The van der Waals surface area contributed by atoms with Crippen LogP contribution >= 0.6 is 11.3 Å². The number of fused-ring (bicyclic) bond motifs is 2. The third-order valence-electron chi connectivity index (χ3n) is 5.99. The molecule has 4 heterocycles. The molecule has 0 spiro atoms. The van der Waals surface area contributed by atoms with Crippen LogP contribution in [-0.2, 0) is 11.3 Å². The van der Waals surface area contributed by atoms with E-state index in [1.54, 1.807) is 19.9 Å². The number of hydrogen-bond donors (Lipinski definition) is 2. The van der Waals surface area contributed by atoms with E-state index in [0.717, 1.165) is 11.1 Å². The SMILES string of the molecule is COc1cnc2c(-c3nc4cc(F)c(O[C@@H](C)[C@@H](C)OC(=O)Nc5ccnc(CO)c5)nc4s3)cc(C)cc2n1. The number of methoxy groups -OCH3 is 1. The predicted molar refractivity (Wildman–Crippen MR) is 147 cm³/mol. The minimum Gasteiger partial charge on any atom is -0.480 e. The molecule has 11 nitrogen and oxygen atoms in total. The summed E-state index contributed by atoms with van der Waals surface area (Å²) < 4.78 is 31.3. The van der Waals surface area contributed by atoms with Crippen LogP contribution in [0.3, 0.4) is 0 Å². The van der Waals surface area contributed by atoms with Crippen molar-refractivity contribution < 1.29 is 28.5 Å². The largest absolute Gasteiger partial charge is 0.480 e. The number of ether oxygens (including phenoxy) is 3. The summed E-state index contributed by atoms with van der Waals surface area (Å²) in [4.78, 5) is 34.7. The summed E-state index contributed by atoms with van der Waals surface area (Å²) in [6.07, 6.45) is 0.779. The summed E-state index contributed by atoms with van der Waals surface area (Å²) >= 11 is 1.27. The first-order valence-corrected chi connectivity index (χ1v) is 13.0. The second kappa shape index (κ2) is 11.3. The van der Waals surface area contributed by atoms with E-state index in [1.165, 1.54) is 43.0 Å². The summed E-state index contributed by atoms with van der Waals surface area (Å²) in [7, 11) is 1.53. The highest BCUT2D eigenvalue weighted by molar-refractivity contribution is 7.21. The summed E-state index contributed by atoms with van der Waals surface area (Å²) in [5, 5.41) is 12.4. The summed E-state index contributed by atoms with van der Waals surface area (Å²) in [6, 6.07) is 8.19. The number of halogens is 1. The number of aliphatic hydroxyl groups is 1. The zero-order valence-corrected chi connectivity index (χ0v) is 22.8. The van der Waals surface area contributed by atoms with Gasteiger partial charge in [0.05, 0.1) is 36.6 Å². The molecule has 0 radical (unpaired) electrons. The lowest BCUT2D eigenvalue weighted by atomic mass is 10.1. The van der Waals surface area contributed by atoms with Crippen LogP contribution in [0.25, 0.3) is 32.0 Å². The third kappa shape index (κ3) is 5.75. The Morgan fingerprint density at radius 2 is 1.93 bits per heavy atom. The Morgan fingerprint density at radius 3 is 2.70 bits per heavy atom. The molecule has 4 aromatic heterocycles. The van der Waals surface area contributed by atoms with Crippen LogP contribution in [-0.4, -0.2) is 55.4 Å². The number of pyridine rings is 2. The number of rotatable bonds is 8. The van der Waals surface area contributed by atoms with E-state index in [-0.39, 0.29) is 12.5 Å². The van der Waals surface area contributed by atoms with Crippen LogP contribution in [0.2, 0.25) is 0 Å². The Morgan fingerprint density at radius 1 is 1.10 bits per heavy atom. The Labute approximate surface area is 232 Å². The minimum atomic E-state index is -0.748. The second-order valence-electron chi connectivity index (χ2n) is 8.96. The molecule has 0 unspecified atom stereocenters. The highest BCUT2D eigenvalue weighted by Crippen LogP contribution is 2.35. The van der Waals surface area contributed by atoms with Gasteiger partial charge < -0.3 is 19.3 Å². The molecule has 5 rings (SSSR count). The van der Waals surface area contributed by atoms with Gasteiger partial charge in [-0.2, -0.15) is 4.98 Å². The van der Waals surface area contributed by atoms with Crippen molar-refractivity contribution in [1.82, 2.24) is 24.9 Å².